The van der Waals surface area contributed by atoms with E-state index in [1.54, 1.807) is 16.9 Å². The maximum absolute atomic E-state index is 11.7. The van der Waals surface area contributed by atoms with Crippen molar-refractivity contribution < 1.29 is 0 Å². The van der Waals surface area contributed by atoms with Gasteiger partial charge >= 0.3 is 0 Å². The van der Waals surface area contributed by atoms with E-state index in [2.05, 4.69) is 16.2 Å². The minimum absolute atomic E-state index is 0.0246. The van der Waals surface area contributed by atoms with Crippen LogP contribution in [0.5, 0.6) is 0 Å². The van der Waals surface area contributed by atoms with Gasteiger partial charge in [0.1, 0.15) is 5.39 Å². The number of anilines is 1. The maximum atomic E-state index is 11.7. The molecule has 6 nitrogen and oxygen atoms in total. The Balaban J connectivity index is 2.22. The predicted octanol–water partition coefficient (Wildman–Crippen LogP) is 1.17. The molecule has 6 heteroatoms. The largest absolute Gasteiger partial charge is 0.382 e. The van der Waals surface area contributed by atoms with E-state index >= 15 is 0 Å². The van der Waals surface area contributed by atoms with Crippen LogP contribution in [-0.4, -0.2) is 14.8 Å². The summed E-state index contributed by atoms with van der Waals surface area (Å²) in [6.45, 7) is 0. The van der Waals surface area contributed by atoms with Crippen LogP contribution in [-0.2, 0) is 0 Å². The first-order valence-corrected chi connectivity index (χ1v) is 5.97. The molecule has 0 spiro atoms. The normalized spacial score (nSPS) is 23.3. The summed E-state index contributed by atoms with van der Waals surface area (Å²) in [6.07, 6.45) is 4.37. The molecule has 1 aliphatic carbocycles. The van der Waals surface area contributed by atoms with Crippen LogP contribution in [0.15, 0.2) is 17.1 Å². The van der Waals surface area contributed by atoms with Crippen LogP contribution in [0.25, 0.3) is 10.9 Å². The van der Waals surface area contributed by atoms with Gasteiger partial charge in [0, 0.05) is 6.20 Å². The molecule has 0 bridgehead atoms. The fourth-order valence-electron chi connectivity index (χ4n) is 2.76. The Kier molecular flexibility index (Phi) is 2.33. The Morgan fingerprint density at radius 2 is 2.39 bits per heavy atom. The van der Waals surface area contributed by atoms with Gasteiger partial charge in [-0.25, -0.2) is 0 Å². The van der Waals surface area contributed by atoms with E-state index in [-0.39, 0.29) is 23.3 Å². The van der Waals surface area contributed by atoms with Gasteiger partial charge in [-0.2, -0.15) is 10.4 Å². The van der Waals surface area contributed by atoms with Crippen LogP contribution in [0.3, 0.4) is 0 Å². The lowest BCUT2D eigenvalue weighted by molar-refractivity contribution is 0.423. The van der Waals surface area contributed by atoms with Crippen LogP contribution in [0, 0.1) is 17.2 Å². The standard InChI is InChI=1S/C12H13N5O/c13-6-7-2-1-3-8(7)17-9-4-5-15-12(18)10(9)11(14)16-17/h4-5,7-8H,1-3H2,(H2,14,16)(H,15,18). The van der Waals surface area contributed by atoms with E-state index in [1.807, 2.05) is 0 Å². The van der Waals surface area contributed by atoms with Gasteiger partial charge < -0.3 is 10.7 Å². The molecule has 3 N–H and O–H groups in total. The molecule has 2 aromatic heterocycles. The van der Waals surface area contributed by atoms with Crippen molar-refractivity contribution in [2.75, 3.05) is 5.73 Å². The summed E-state index contributed by atoms with van der Waals surface area (Å²) in [5.41, 5.74) is 6.28. The number of hydrogen-bond acceptors (Lipinski definition) is 4. The third-order valence-corrected chi connectivity index (χ3v) is 3.62. The monoisotopic (exact) mass is 243 g/mol. The molecule has 2 aromatic rings. The molecule has 1 saturated carbocycles. The van der Waals surface area contributed by atoms with Crippen LogP contribution < -0.4 is 11.3 Å². The molecule has 92 valence electrons. The summed E-state index contributed by atoms with van der Waals surface area (Å²) in [4.78, 5) is 14.3. The minimum Gasteiger partial charge on any atom is -0.382 e. The van der Waals surface area contributed by atoms with Crippen molar-refractivity contribution in [1.29, 1.82) is 5.26 Å². The number of hydrogen-bond donors (Lipinski definition) is 2. The first-order chi connectivity index (χ1) is 8.72. The van der Waals surface area contributed by atoms with Crippen molar-refractivity contribution in [2.24, 2.45) is 5.92 Å². The maximum Gasteiger partial charge on any atom is 0.261 e. The molecule has 3 rings (SSSR count). The second-order valence-corrected chi connectivity index (χ2v) is 4.63. The second kappa shape index (κ2) is 3.88. The van der Waals surface area contributed by atoms with Crippen LogP contribution in [0.4, 0.5) is 5.82 Å². The van der Waals surface area contributed by atoms with E-state index in [1.165, 1.54) is 0 Å². The SMILES string of the molecule is N#CC1CCCC1n1nc(N)c2c(=O)[nH]ccc21. The quantitative estimate of drug-likeness (QED) is 0.785. The molecular formula is C12H13N5O. The molecule has 18 heavy (non-hydrogen) atoms. The molecule has 0 aliphatic heterocycles. The van der Waals surface area contributed by atoms with Gasteiger partial charge in [-0.05, 0) is 25.3 Å². The van der Waals surface area contributed by atoms with Crippen molar-refractivity contribution in [2.45, 2.75) is 25.3 Å². The van der Waals surface area contributed by atoms with Gasteiger partial charge in [-0.1, -0.05) is 0 Å². The highest BCUT2D eigenvalue weighted by Crippen LogP contribution is 2.37. The summed E-state index contributed by atoms with van der Waals surface area (Å²) in [7, 11) is 0. The number of nitrogens with one attached hydrogen (secondary N) is 1. The number of nitrogens with zero attached hydrogens (tertiary/aromatic N) is 3. The average Bonchev–Trinajstić information content (AvgIpc) is 2.94. The number of pyridine rings is 1. The van der Waals surface area contributed by atoms with E-state index in [0.29, 0.717) is 10.9 Å². The van der Waals surface area contributed by atoms with Gasteiger partial charge in [0.05, 0.1) is 23.5 Å². The number of aromatic amines is 1. The first kappa shape index (κ1) is 10.8. The zero-order valence-electron chi connectivity index (χ0n) is 9.76. The van der Waals surface area contributed by atoms with Crippen molar-refractivity contribution in [3.8, 4) is 6.07 Å². The Hall–Kier alpha value is -2.29. The summed E-state index contributed by atoms with van der Waals surface area (Å²) < 4.78 is 1.75. The van der Waals surface area contributed by atoms with Gasteiger partial charge in [0.2, 0.25) is 0 Å². The first-order valence-electron chi connectivity index (χ1n) is 5.97. The molecule has 0 amide bonds. The number of nitrogens with two attached hydrogens (primary N) is 1. The number of rotatable bonds is 1. The second-order valence-electron chi connectivity index (χ2n) is 4.63. The van der Waals surface area contributed by atoms with E-state index in [9.17, 15) is 4.79 Å². The smallest absolute Gasteiger partial charge is 0.261 e. The Morgan fingerprint density at radius 1 is 1.56 bits per heavy atom. The number of nitriles is 1. The molecule has 1 fully saturated rings. The van der Waals surface area contributed by atoms with Crippen molar-refractivity contribution in [1.82, 2.24) is 14.8 Å². The zero-order valence-corrected chi connectivity index (χ0v) is 9.76. The molecule has 1 aliphatic rings. The highest BCUT2D eigenvalue weighted by molar-refractivity contribution is 5.88. The van der Waals surface area contributed by atoms with Gasteiger partial charge in [-0.3, -0.25) is 9.48 Å². The van der Waals surface area contributed by atoms with Crippen LogP contribution in [0.2, 0.25) is 0 Å². The molecule has 2 heterocycles. The predicted molar refractivity (Wildman–Crippen MR) is 66.8 cm³/mol. The van der Waals surface area contributed by atoms with Crippen LogP contribution in [0.1, 0.15) is 25.3 Å². The van der Waals surface area contributed by atoms with E-state index in [4.69, 9.17) is 11.0 Å². The number of H-pyrrole nitrogens is 1. The molecule has 0 aromatic carbocycles. The van der Waals surface area contributed by atoms with E-state index < -0.39 is 0 Å². The molecule has 0 radical (unpaired) electrons. The fourth-order valence-corrected chi connectivity index (χ4v) is 2.76. The minimum atomic E-state index is -0.234. The van der Waals surface area contributed by atoms with E-state index in [0.717, 1.165) is 19.3 Å². The van der Waals surface area contributed by atoms with Gasteiger partial charge in [0.25, 0.3) is 5.56 Å². The molecule has 2 unspecified atom stereocenters. The summed E-state index contributed by atoms with van der Waals surface area (Å²) in [6, 6.07) is 4.12. The van der Waals surface area contributed by atoms with Crippen molar-refractivity contribution >= 4 is 16.7 Å². The molecule has 2 atom stereocenters. The van der Waals surface area contributed by atoms with Gasteiger partial charge in [-0.15, -0.1) is 0 Å². The van der Waals surface area contributed by atoms with Crippen molar-refractivity contribution in [3.05, 3.63) is 22.6 Å². The third-order valence-electron chi connectivity index (χ3n) is 3.62. The fraction of sp³-hybridized carbons (Fsp3) is 0.417. The number of nitrogen functional groups attached to an aromatic ring is 1. The topological polar surface area (TPSA) is 100 Å². The van der Waals surface area contributed by atoms with Crippen molar-refractivity contribution in [3.63, 3.8) is 0 Å². The average molecular weight is 243 g/mol. The lowest BCUT2D eigenvalue weighted by Gasteiger charge is -2.14. The van der Waals surface area contributed by atoms with Crippen LogP contribution >= 0.6 is 0 Å². The third kappa shape index (κ3) is 1.40. The zero-order chi connectivity index (χ0) is 12.7. The Labute approximate surface area is 103 Å². The Bertz CT molecular complexity index is 693. The summed E-state index contributed by atoms with van der Waals surface area (Å²) in [5, 5.41) is 13.8. The summed E-state index contributed by atoms with van der Waals surface area (Å²) >= 11 is 0. The lowest BCUT2D eigenvalue weighted by atomic mass is 10.1. The Morgan fingerprint density at radius 3 is 3.17 bits per heavy atom. The van der Waals surface area contributed by atoms with Gasteiger partial charge in [0.15, 0.2) is 5.82 Å². The highest BCUT2D eigenvalue weighted by atomic mass is 16.1. The molecular weight excluding hydrogens is 230 g/mol. The summed E-state index contributed by atoms with van der Waals surface area (Å²) in [5.74, 6) is 0.183. The molecule has 0 saturated heterocycles. The number of aromatic nitrogens is 3. The highest BCUT2D eigenvalue weighted by Gasteiger charge is 2.31. The lowest BCUT2D eigenvalue weighted by Crippen LogP contribution is -2.14. The number of fused-ring (bicyclic) bond motifs is 1.